The molecule has 0 spiro atoms. The van der Waals surface area contributed by atoms with Gasteiger partial charge in [-0.1, -0.05) is 17.7 Å². The molecule has 0 aliphatic carbocycles. The van der Waals surface area contributed by atoms with Crippen LogP contribution in [0.1, 0.15) is 12.5 Å². The van der Waals surface area contributed by atoms with Crippen LogP contribution >= 0.6 is 11.6 Å². The van der Waals surface area contributed by atoms with E-state index in [4.69, 9.17) is 11.6 Å². The van der Waals surface area contributed by atoms with E-state index in [0.717, 1.165) is 0 Å². The number of nitrogens with one attached hydrogen (secondary N) is 1. The first-order chi connectivity index (χ1) is 8.04. The van der Waals surface area contributed by atoms with E-state index in [9.17, 15) is 14.0 Å². The van der Waals surface area contributed by atoms with Crippen LogP contribution in [-0.2, 0) is 20.9 Å². The molecule has 0 radical (unpaired) electrons. The molecule has 0 bridgehead atoms. The highest BCUT2D eigenvalue weighted by atomic mass is 35.5. The van der Waals surface area contributed by atoms with Gasteiger partial charge in [0, 0.05) is 6.54 Å². The van der Waals surface area contributed by atoms with E-state index in [2.05, 4.69) is 10.1 Å². The highest BCUT2D eigenvalue weighted by molar-refractivity contribution is 6.32. The summed E-state index contributed by atoms with van der Waals surface area (Å²) in [6.07, 6.45) is 0. The maximum absolute atomic E-state index is 13.0. The zero-order chi connectivity index (χ0) is 12.8. The van der Waals surface area contributed by atoms with Crippen molar-refractivity contribution >= 4 is 23.5 Å². The van der Waals surface area contributed by atoms with Gasteiger partial charge in [0.1, 0.15) is 5.82 Å². The van der Waals surface area contributed by atoms with Gasteiger partial charge in [0.2, 0.25) is 0 Å². The van der Waals surface area contributed by atoms with Crippen molar-refractivity contribution in [2.75, 3.05) is 6.61 Å². The summed E-state index contributed by atoms with van der Waals surface area (Å²) in [4.78, 5) is 22.1. The summed E-state index contributed by atoms with van der Waals surface area (Å²) in [5.41, 5.74) is 0.504. The lowest BCUT2D eigenvalue weighted by Crippen LogP contribution is -2.32. The first kappa shape index (κ1) is 13.4. The molecule has 0 aliphatic rings. The Hall–Kier alpha value is -1.62. The number of ether oxygens (including phenoxy) is 1. The third-order valence-corrected chi connectivity index (χ3v) is 2.20. The van der Waals surface area contributed by atoms with Crippen LogP contribution in [0.4, 0.5) is 4.39 Å². The van der Waals surface area contributed by atoms with Gasteiger partial charge in [-0.2, -0.15) is 0 Å². The maximum Gasteiger partial charge on any atom is 0.396 e. The van der Waals surface area contributed by atoms with Crippen LogP contribution in [0, 0.1) is 5.82 Å². The first-order valence-electron chi connectivity index (χ1n) is 4.93. The molecule has 0 aliphatic heterocycles. The SMILES string of the molecule is CCOC(=O)C(=O)NCc1ccc(Cl)c(F)c1. The fourth-order valence-corrected chi connectivity index (χ4v) is 1.22. The average Bonchev–Trinajstić information content (AvgIpc) is 2.30. The van der Waals surface area contributed by atoms with E-state index >= 15 is 0 Å². The van der Waals surface area contributed by atoms with Crippen molar-refractivity contribution in [2.45, 2.75) is 13.5 Å². The maximum atomic E-state index is 13.0. The second kappa shape index (κ2) is 6.20. The van der Waals surface area contributed by atoms with Gasteiger partial charge in [0.05, 0.1) is 11.6 Å². The lowest BCUT2D eigenvalue weighted by atomic mass is 10.2. The Kier molecular flexibility index (Phi) is 4.90. The molecule has 0 heterocycles. The number of hydrogen-bond donors (Lipinski definition) is 1. The van der Waals surface area contributed by atoms with Crippen molar-refractivity contribution in [1.29, 1.82) is 0 Å². The standard InChI is InChI=1S/C11H11ClFNO3/c1-2-17-11(16)10(15)14-6-7-3-4-8(12)9(13)5-7/h3-5H,2,6H2,1H3,(H,14,15). The van der Waals surface area contributed by atoms with E-state index in [-0.39, 0.29) is 18.2 Å². The molecule has 0 fully saturated rings. The molecule has 1 aromatic carbocycles. The van der Waals surface area contributed by atoms with Gasteiger partial charge in [-0.05, 0) is 24.6 Å². The Bertz CT molecular complexity index is 437. The van der Waals surface area contributed by atoms with Crippen molar-refractivity contribution in [3.63, 3.8) is 0 Å². The predicted molar refractivity (Wildman–Crippen MR) is 59.9 cm³/mol. The molecular formula is C11H11ClFNO3. The molecular weight excluding hydrogens is 249 g/mol. The summed E-state index contributed by atoms with van der Waals surface area (Å²) in [6.45, 7) is 1.76. The summed E-state index contributed by atoms with van der Waals surface area (Å²) in [6, 6.07) is 4.12. The van der Waals surface area contributed by atoms with Crippen molar-refractivity contribution in [3.8, 4) is 0 Å². The van der Waals surface area contributed by atoms with E-state index in [1.807, 2.05) is 0 Å². The molecule has 6 heteroatoms. The molecule has 0 saturated carbocycles. The van der Waals surface area contributed by atoms with E-state index in [1.54, 1.807) is 13.0 Å². The molecule has 4 nitrogen and oxygen atoms in total. The number of hydrogen-bond acceptors (Lipinski definition) is 3. The van der Waals surface area contributed by atoms with Crippen LogP contribution in [0.5, 0.6) is 0 Å². The molecule has 1 N–H and O–H groups in total. The van der Waals surface area contributed by atoms with Crippen LogP contribution in [-0.4, -0.2) is 18.5 Å². The number of benzene rings is 1. The fraction of sp³-hybridized carbons (Fsp3) is 0.273. The zero-order valence-electron chi connectivity index (χ0n) is 9.13. The monoisotopic (exact) mass is 259 g/mol. The van der Waals surface area contributed by atoms with Gasteiger partial charge in [-0.25, -0.2) is 9.18 Å². The molecule has 0 saturated heterocycles. The summed E-state index contributed by atoms with van der Waals surface area (Å²) in [5.74, 6) is -2.39. The van der Waals surface area contributed by atoms with E-state index in [0.29, 0.717) is 5.56 Å². The van der Waals surface area contributed by atoms with Gasteiger partial charge in [-0.3, -0.25) is 4.79 Å². The minimum absolute atomic E-state index is 0.00506. The van der Waals surface area contributed by atoms with Crippen molar-refractivity contribution in [1.82, 2.24) is 5.32 Å². The summed E-state index contributed by atoms with van der Waals surface area (Å²) in [5, 5.41) is 2.31. The Morgan fingerprint density at radius 3 is 2.76 bits per heavy atom. The minimum Gasteiger partial charge on any atom is -0.459 e. The summed E-state index contributed by atoms with van der Waals surface area (Å²) < 4.78 is 17.5. The molecule has 1 amide bonds. The quantitative estimate of drug-likeness (QED) is 0.663. The molecule has 0 aromatic heterocycles. The topological polar surface area (TPSA) is 55.4 Å². The number of halogens is 2. The van der Waals surface area contributed by atoms with Crippen LogP contribution in [0.2, 0.25) is 5.02 Å². The van der Waals surface area contributed by atoms with Gasteiger partial charge in [0.25, 0.3) is 0 Å². The molecule has 17 heavy (non-hydrogen) atoms. The molecule has 0 unspecified atom stereocenters. The summed E-state index contributed by atoms with van der Waals surface area (Å²) in [7, 11) is 0. The molecule has 1 rings (SSSR count). The Morgan fingerprint density at radius 1 is 1.47 bits per heavy atom. The van der Waals surface area contributed by atoms with Crippen molar-refractivity contribution in [2.24, 2.45) is 0 Å². The fourth-order valence-electron chi connectivity index (χ4n) is 1.10. The minimum atomic E-state index is -0.957. The lowest BCUT2D eigenvalue weighted by molar-refractivity contribution is -0.154. The van der Waals surface area contributed by atoms with Gasteiger partial charge in [-0.15, -0.1) is 0 Å². The summed E-state index contributed by atoms with van der Waals surface area (Å²) >= 11 is 5.50. The van der Waals surface area contributed by atoms with Gasteiger partial charge >= 0.3 is 11.9 Å². The lowest BCUT2D eigenvalue weighted by Gasteiger charge is -2.05. The van der Waals surface area contributed by atoms with Gasteiger partial charge < -0.3 is 10.1 Å². The molecule has 0 atom stereocenters. The zero-order valence-corrected chi connectivity index (χ0v) is 9.88. The molecule has 1 aromatic rings. The van der Waals surface area contributed by atoms with Crippen LogP contribution in [0.15, 0.2) is 18.2 Å². The van der Waals surface area contributed by atoms with Crippen molar-refractivity contribution < 1.29 is 18.7 Å². The predicted octanol–water partition coefficient (Wildman–Crippen LogP) is 1.66. The van der Waals surface area contributed by atoms with Crippen LogP contribution < -0.4 is 5.32 Å². The first-order valence-corrected chi connectivity index (χ1v) is 5.31. The highest BCUT2D eigenvalue weighted by Crippen LogP contribution is 2.15. The highest BCUT2D eigenvalue weighted by Gasteiger charge is 2.13. The second-order valence-corrected chi connectivity index (χ2v) is 3.56. The number of amides is 1. The third kappa shape index (κ3) is 4.03. The molecule has 92 valence electrons. The Balaban J connectivity index is 2.53. The Labute approximate surface area is 103 Å². The number of esters is 1. The largest absolute Gasteiger partial charge is 0.459 e. The van der Waals surface area contributed by atoms with E-state index in [1.165, 1.54) is 12.1 Å². The average molecular weight is 260 g/mol. The van der Waals surface area contributed by atoms with E-state index < -0.39 is 17.7 Å². The van der Waals surface area contributed by atoms with Crippen LogP contribution in [0.25, 0.3) is 0 Å². The van der Waals surface area contributed by atoms with Crippen molar-refractivity contribution in [3.05, 3.63) is 34.6 Å². The van der Waals surface area contributed by atoms with Crippen LogP contribution in [0.3, 0.4) is 0 Å². The van der Waals surface area contributed by atoms with Gasteiger partial charge in [0.15, 0.2) is 0 Å². The number of carbonyl (C=O) groups excluding carboxylic acids is 2. The smallest absolute Gasteiger partial charge is 0.396 e. The number of rotatable bonds is 3. The third-order valence-electron chi connectivity index (χ3n) is 1.90. The number of carbonyl (C=O) groups is 2. The Morgan fingerprint density at radius 2 is 2.18 bits per heavy atom. The normalized spacial score (nSPS) is 9.82. The second-order valence-electron chi connectivity index (χ2n) is 3.15.